The lowest BCUT2D eigenvalue weighted by atomic mass is 10.2. The first kappa shape index (κ1) is 12.7. The van der Waals surface area contributed by atoms with Crippen molar-refractivity contribution in [3.63, 3.8) is 0 Å². The maximum atomic E-state index is 5.00. The van der Waals surface area contributed by atoms with E-state index in [9.17, 15) is 0 Å². The lowest BCUT2D eigenvalue weighted by Crippen LogP contribution is -2.06. The largest absolute Gasteiger partial charge is 0.385 e. The average Bonchev–Trinajstić information content (AvgIpc) is 2.42. The van der Waals surface area contributed by atoms with Crippen molar-refractivity contribution in [3.05, 3.63) is 24.3 Å². The minimum absolute atomic E-state index is 0.598. The van der Waals surface area contributed by atoms with Gasteiger partial charge in [-0.1, -0.05) is 12.1 Å². The van der Waals surface area contributed by atoms with Crippen LogP contribution in [0.2, 0.25) is 0 Å². The van der Waals surface area contributed by atoms with E-state index in [1.807, 2.05) is 24.3 Å². The fourth-order valence-electron chi connectivity index (χ4n) is 1.70. The van der Waals surface area contributed by atoms with Crippen LogP contribution in [0.4, 0.5) is 5.95 Å². The Kier molecular flexibility index (Phi) is 4.84. The van der Waals surface area contributed by atoms with E-state index in [4.69, 9.17) is 4.74 Å². The molecule has 1 heterocycles. The molecule has 0 fully saturated rings. The van der Waals surface area contributed by atoms with Crippen molar-refractivity contribution in [2.75, 3.05) is 25.6 Å². The Morgan fingerprint density at radius 3 is 2.72 bits per heavy atom. The van der Waals surface area contributed by atoms with Gasteiger partial charge in [0.15, 0.2) is 0 Å². The predicted octanol–water partition coefficient (Wildman–Crippen LogP) is 2.25. The summed E-state index contributed by atoms with van der Waals surface area (Å²) in [6.07, 6.45) is 3.32. The third kappa shape index (κ3) is 3.63. The van der Waals surface area contributed by atoms with E-state index in [0.717, 1.165) is 43.4 Å². The Morgan fingerprint density at radius 1 is 1.06 bits per heavy atom. The summed E-state index contributed by atoms with van der Waals surface area (Å²) in [4.78, 5) is 4.40. The molecule has 0 amide bonds. The molecule has 0 aliphatic carbocycles. The minimum atomic E-state index is 0.598. The second kappa shape index (κ2) is 6.86. The summed E-state index contributed by atoms with van der Waals surface area (Å²) in [6.45, 7) is 1.69. The van der Waals surface area contributed by atoms with Gasteiger partial charge < -0.3 is 10.1 Å². The molecule has 0 saturated carbocycles. The standard InChI is InChI=1S/C13H18N4O/c1-18-10-6-2-5-9-14-13-15-11-7-3-4-8-12(11)16-17-13/h3-4,7-8H,2,5-6,9-10H2,1H3,(H,14,15,17). The molecule has 0 spiro atoms. The lowest BCUT2D eigenvalue weighted by Gasteiger charge is -2.04. The highest BCUT2D eigenvalue weighted by Gasteiger charge is 1.99. The van der Waals surface area contributed by atoms with Gasteiger partial charge in [-0.05, 0) is 31.4 Å². The number of benzene rings is 1. The summed E-state index contributed by atoms with van der Waals surface area (Å²) in [5, 5.41) is 11.3. The van der Waals surface area contributed by atoms with Gasteiger partial charge in [0, 0.05) is 20.3 Å². The number of fused-ring (bicyclic) bond motifs is 1. The van der Waals surface area contributed by atoms with Crippen LogP contribution >= 0.6 is 0 Å². The van der Waals surface area contributed by atoms with Gasteiger partial charge in [0.05, 0.1) is 5.52 Å². The predicted molar refractivity (Wildman–Crippen MR) is 71.5 cm³/mol. The molecule has 1 N–H and O–H groups in total. The Bertz CT molecular complexity index is 489. The highest BCUT2D eigenvalue weighted by atomic mass is 16.5. The number of methoxy groups -OCH3 is 1. The number of rotatable bonds is 7. The average molecular weight is 246 g/mol. The van der Waals surface area contributed by atoms with Gasteiger partial charge in [-0.2, -0.15) is 0 Å². The van der Waals surface area contributed by atoms with Crippen molar-refractivity contribution in [3.8, 4) is 0 Å². The van der Waals surface area contributed by atoms with Gasteiger partial charge in [-0.3, -0.25) is 0 Å². The molecular formula is C13H18N4O. The zero-order valence-electron chi connectivity index (χ0n) is 10.6. The molecule has 1 aromatic carbocycles. The van der Waals surface area contributed by atoms with Crippen molar-refractivity contribution >= 4 is 17.0 Å². The SMILES string of the molecule is COCCCCCNc1nnc2ccccc2n1. The number of anilines is 1. The van der Waals surface area contributed by atoms with E-state index in [0.29, 0.717) is 5.95 Å². The minimum Gasteiger partial charge on any atom is -0.385 e. The van der Waals surface area contributed by atoms with E-state index in [1.165, 1.54) is 0 Å². The van der Waals surface area contributed by atoms with Crippen molar-refractivity contribution < 1.29 is 4.74 Å². The van der Waals surface area contributed by atoms with Gasteiger partial charge in [0.1, 0.15) is 5.52 Å². The van der Waals surface area contributed by atoms with E-state index < -0.39 is 0 Å². The van der Waals surface area contributed by atoms with E-state index in [1.54, 1.807) is 7.11 Å². The second-order valence-electron chi connectivity index (χ2n) is 4.10. The van der Waals surface area contributed by atoms with Gasteiger partial charge in [-0.25, -0.2) is 4.98 Å². The fourth-order valence-corrected chi connectivity index (χ4v) is 1.70. The molecule has 2 aromatic rings. The molecule has 5 heteroatoms. The van der Waals surface area contributed by atoms with Crippen LogP contribution in [0.25, 0.3) is 11.0 Å². The number of nitrogens with one attached hydrogen (secondary N) is 1. The molecule has 0 radical (unpaired) electrons. The number of nitrogens with zero attached hydrogens (tertiary/aromatic N) is 3. The zero-order valence-corrected chi connectivity index (χ0v) is 10.6. The van der Waals surface area contributed by atoms with Crippen molar-refractivity contribution in [1.29, 1.82) is 0 Å². The Labute approximate surface area is 107 Å². The van der Waals surface area contributed by atoms with Crippen LogP contribution < -0.4 is 5.32 Å². The number of hydrogen-bond acceptors (Lipinski definition) is 5. The van der Waals surface area contributed by atoms with Gasteiger partial charge >= 0.3 is 0 Å². The highest BCUT2D eigenvalue weighted by molar-refractivity contribution is 5.73. The molecule has 5 nitrogen and oxygen atoms in total. The van der Waals surface area contributed by atoms with Crippen LogP contribution in [0.1, 0.15) is 19.3 Å². The number of para-hydroxylation sites is 1. The molecule has 0 saturated heterocycles. The number of aromatic nitrogens is 3. The first-order chi connectivity index (χ1) is 8.90. The molecule has 2 rings (SSSR count). The molecule has 0 unspecified atom stereocenters. The van der Waals surface area contributed by atoms with Gasteiger partial charge in [0.2, 0.25) is 5.95 Å². The van der Waals surface area contributed by atoms with Crippen LogP contribution in [0, 0.1) is 0 Å². The second-order valence-corrected chi connectivity index (χ2v) is 4.10. The van der Waals surface area contributed by atoms with Crippen LogP contribution in [0.3, 0.4) is 0 Å². The molecule has 96 valence electrons. The molecule has 0 atom stereocenters. The smallest absolute Gasteiger partial charge is 0.243 e. The maximum absolute atomic E-state index is 5.00. The van der Waals surface area contributed by atoms with Crippen LogP contribution in [0.5, 0.6) is 0 Å². The normalized spacial score (nSPS) is 10.7. The Hall–Kier alpha value is -1.75. The van der Waals surface area contributed by atoms with Gasteiger partial charge in [-0.15, -0.1) is 10.2 Å². The summed E-state index contributed by atoms with van der Waals surface area (Å²) in [7, 11) is 1.73. The quantitative estimate of drug-likeness (QED) is 0.759. The fraction of sp³-hybridized carbons (Fsp3) is 0.462. The van der Waals surface area contributed by atoms with Crippen LogP contribution in [0.15, 0.2) is 24.3 Å². The van der Waals surface area contributed by atoms with Crippen molar-refractivity contribution in [2.45, 2.75) is 19.3 Å². The molecule has 1 aromatic heterocycles. The van der Waals surface area contributed by atoms with Crippen molar-refractivity contribution in [2.24, 2.45) is 0 Å². The van der Waals surface area contributed by atoms with Crippen LogP contribution in [-0.4, -0.2) is 35.4 Å². The Balaban J connectivity index is 1.81. The first-order valence-electron chi connectivity index (χ1n) is 6.22. The number of hydrogen-bond donors (Lipinski definition) is 1. The summed E-state index contributed by atoms with van der Waals surface area (Å²) in [5.41, 5.74) is 1.69. The molecule has 0 aliphatic rings. The third-order valence-corrected chi connectivity index (χ3v) is 2.67. The number of unbranched alkanes of at least 4 members (excludes halogenated alkanes) is 2. The first-order valence-corrected chi connectivity index (χ1v) is 6.22. The zero-order chi connectivity index (χ0) is 12.6. The van der Waals surface area contributed by atoms with Crippen LogP contribution in [-0.2, 0) is 4.74 Å². The third-order valence-electron chi connectivity index (χ3n) is 2.67. The van der Waals surface area contributed by atoms with E-state index in [2.05, 4.69) is 20.5 Å². The van der Waals surface area contributed by atoms with Gasteiger partial charge in [0.25, 0.3) is 0 Å². The summed E-state index contributed by atoms with van der Waals surface area (Å²) in [6, 6.07) is 7.73. The Morgan fingerprint density at radius 2 is 1.89 bits per heavy atom. The highest BCUT2D eigenvalue weighted by Crippen LogP contribution is 2.08. The summed E-state index contributed by atoms with van der Waals surface area (Å²) in [5.74, 6) is 0.598. The summed E-state index contributed by atoms with van der Waals surface area (Å²) >= 11 is 0. The monoisotopic (exact) mass is 246 g/mol. The topological polar surface area (TPSA) is 59.9 Å². The number of ether oxygens (including phenoxy) is 1. The maximum Gasteiger partial charge on any atom is 0.243 e. The van der Waals surface area contributed by atoms with E-state index >= 15 is 0 Å². The van der Waals surface area contributed by atoms with E-state index in [-0.39, 0.29) is 0 Å². The molecule has 18 heavy (non-hydrogen) atoms. The summed E-state index contributed by atoms with van der Waals surface area (Å²) < 4.78 is 5.00. The molecule has 0 aliphatic heterocycles. The van der Waals surface area contributed by atoms with Crippen molar-refractivity contribution in [1.82, 2.24) is 15.2 Å². The lowest BCUT2D eigenvalue weighted by molar-refractivity contribution is 0.192. The molecule has 0 bridgehead atoms. The molecular weight excluding hydrogens is 228 g/mol.